The van der Waals surface area contributed by atoms with Crippen molar-refractivity contribution in [1.29, 1.82) is 0 Å². The van der Waals surface area contributed by atoms with Crippen LogP contribution in [-0.4, -0.2) is 35.1 Å². The molecule has 1 aromatic heterocycles. The number of hydrogen-bond donors (Lipinski definition) is 1. The van der Waals surface area contributed by atoms with Gasteiger partial charge in [0.2, 0.25) is 0 Å². The van der Waals surface area contributed by atoms with Crippen LogP contribution in [0.2, 0.25) is 0 Å². The number of amides is 1. The molecule has 2 aromatic rings. The van der Waals surface area contributed by atoms with Crippen molar-refractivity contribution in [2.75, 3.05) is 14.2 Å². The molecule has 0 saturated heterocycles. The fraction of sp³-hybridized carbons (Fsp3) is 0.200. The number of rotatable bonds is 4. The number of nitrogens with zero attached hydrogens (tertiary/aromatic N) is 2. The van der Waals surface area contributed by atoms with E-state index in [2.05, 4.69) is 4.98 Å². The number of ether oxygens (including phenoxy) is 1. The van der Waals surface area contributed by atoms with Crippen LogP contribution < -0.4 is 4.74 Å². The zero-order valence-electron chi connectivity index (χ0n) is 11.4. The second kappa shape index (κ2) is 6.06. The maximum absolute atomic E-state index is 12.2. The van der Waals surface area contributed by atoms with Gasteiger partial charge in [0.15, 0.2) is 5.69 Å². The van der Waals surface area contributed by atoms with Gasteiger partial charge in [-0.15, -0.1) is 0 Å². The van der Waals surface area contributed by atoms with Gasteiger partial charge in [-0.2, -0.15) is 0 Å². The molecule has 104 valence electrons. The number of benzene rings is 1. The SMILES string of the molecule is COc1ccc(CN(C)C(=O)c2ncccc2O)cc1. The lowest BCUT2D eigenvalue weighted by Gasteiger charge is -2.17. The third-order valence-corrected chi connectivity index (χ3v) is 2.91. The Morgan fingerprint density at radius 2 is 2.00 bits per heavy atom. The number of pyridine rings is 1. The molecule has 0 atom stereocenters. The van der Waals surface area contributed by atoms with E-state index in [1.807, 2.05) is 24.3 Å². The fourth-order valence-corrected chi connectivity index (χ4v) is 1.82. The molecule has 1 amide bonds. The average molecular weight is 272 g/mol. The normalized spacial score (nSPS) is 10.1. The Kier molecular flexibility index (Phi) is 4.20. The standard InChI is InChI=1S/C15H16N2O3/c1-17(10-11-5-7-12(20-2)8-6-11)15(19)14-13(18)4-3-9-16-14/h3-9,18H,10H2,1-2H3. The summed E-state index contributed by atoms with van der Waals surface area (Å²) < 4.78 is 5.08. The van der Waals surface area contributed by atoms with Crippen LogP contribution in [-0.2, 0) is 6.54 Å². The summed E-state index contributed by atoms with van der Waals surface area (Å²) in [6.45, 7) is 0.429. The minimum absolute atomic E-state index is 0.0588. The molecule has 1 N–H and O–H groups in total. The van der Waals surface area contributed by atoms with Crippen molar-refractivity contribution in [3.8, 4) is 11.5 Å². The largest absolute Gasteiger partial charge is 0.505 e. The molecule has 0 unspecified atom stereocenters. The van der Waals surface area contributed by atoms with E-state index in [-0.39, 0.29) is 17.4 Å². The van der Waals surface area contributed by atoms with Crippen molar-refractivity contribution in [3.63, 3.8) is 0 Å². The van der Waals surface area contributed by atoms with Crippen molar-refractivity contribution in [2.45, 2.75) is 6.54 Å². The van der Waals surface area contributed by atoms with E-state index in [0.29, 0.717) is 6.54 Å². The van der Waals surface area contributed by atoms with Crippen LogP contribution in [0, 0.1) is 0 Å². The molecule has 20 heavy (non-hydrogen) atoms. The van der Waals surface area contributed by atoms with Crippen molar-refractivity contribution in [1.82, 2.24) is 9.88 Å². The van der Waals surface area contributed by atoms with E-state index in [0.717, 1.165) is 11.3 Å². The first-order valence-corrected chi connectivity index (χ1v) is 6.14. The molecule has 1 heterocycles. The third-order valence-electron chi connectivity index (χ3n) is 2.91. The lowest BCUT2D eigenvalue weighted by Crippen LogP contribution is -2.27. The molecule has 0 saturated carbocycles. The summed E-state index contributed by atoms with van der Waals surface area (Å²) in [6.07, 6.45) is 1.48. The van der Waals surface area contributed by atoms with Gasteiger partial charge >= 0.3 is 0 Å². The van der Waals surface area contributed by atoms with Crippen LogP contribution in [0.25, 0.3) is 0 Å². The molecule has 5 nitrogen and oxygen atoms in total. The zero-order chi connectivity index (χ0) is 14.5. The number of aromatic nitrogens is 1. The molecular weight excluding hydrogens is 256 g/mol. The number of carbonyl (C=O) groups is 1. The average Bonchev–Trinajstić information content (AvgIpc) is 2.48. The summed E-state index contributed by atoms with van der Waals surface area (Å²) in [5, 5.41) is 9.64. The van der Waals surface area contributed by atoms with Crippen LogP contribution in [0.4, 0.5) is 0 Å². The topological polar surface area (TPSA) is 62.7 Å². The molecule has 5 heteroatoms. The second-order valence-electron chi connectivity index (χ2n) is 4.38. The molecule has 0 bridgehead atoms. The molecule has 0 radical (unpaired) electrons. The fourth-order valence-electron chi connectivity index (χ4n) is 1.82. The van der Waals surface area contributed by atoms with E-state index in [9.17, 15) is 9.90 Å². The minimum Gasteiger partial charge on any atom is -0.505 e. The van der Waals surface area contributed by atoms with Gasteiger partial charge < -0.3 is 14.7 Å². The predicted octanol–water partition coefficient (Wildman–Crippen LogP) is 2.07. The Hall–Kier alpha value is -2.56. The highest BCUT2D eigenvalue weighted by atomic mass is 16.5. The number of methoxy groups -OCH3 is 1. The summed E-state index contributed by atoms with van der Waals surface area (Å²) >= 11 is 0. The highest BCUT2D eigenvalue weighted by Gasteiger charge is 2.17. The highest BCUT2D eigenvalue weighted by molar-refractivity contribution is 5.94. The van der Waals surface area contributed by atoms with Crippen LogP contribution >= 0.6 is 0 Å². The molecule has 0 aliphatic heterocycles. The molecule has 0 aliphatic carbocycles. The maximum Gasteiger partial charge on any atom is 0.276 e. The molecule has 0 aliphatic rings. The summed E-state index contributed by atoms with van der Waals surface area (Å²) in [4.78, 5) is 17.6. The van der Waals surface area contributed by atoms with E-state index >= 15 is 0 Å². The van der Waals surface area contributed by atoms with Crippen molar-refractivity contribution in [3.05, 3.63) is 53.9 Å². The first-order chi connectivity index (χ1) is 9.61. The van der Waals surface area contributed by atoms with Crippen LogP contribution in [0.5, 0.6) is 11.5 Å². The van der Waals surface area contributed by atoms with E-state index in [1.54, 1.807) is 20.2 Å². The first-order valence-electron chi connectivity index (χ1n) is 6.14. The highest BCUT2D eigenvalue weighted by Crippen LogP contribution is 2.17. The maximum atomic E-state index is 12.2. The molecule has 1 aromatic carbocycles. The van der Waals surface area contributed by atoms with Gasteiger partial charge in [-0.25, -0.2) is 4.98 Å². The Morgan fingerprint density at radius 1 is 1.30 bits per heavy atom. The minimum atomic E-state index is -0.320. The van der Waals surface area contributed by atoms with E-state index < -0.39 is 0 Å². The van der Waals surface area contributed by atoms with Crippen molar-refractivity contribution < 1.29 is 14.6 Å². The smallest absolute Gasteiger partial charge is 0.276 e. The summed E-state index contributed by atoms with van der Waals surface area (Å²) in [6, 6.07) is 10.5. The Bertz CT molecular complexity index is 596. The quantitative estimate of drug-likeness (QED) is 0.925. The summed E-state index contributed by atoms with van der Waals surface area (Å²) in [7, 11) is 3.27. The van der Waals surface area contributed by atoms with Crippen molar-refractivity contribution in [2.24, 2.45) is 0 Å². The van der Waals surface area contributed by atoms with Crippen molar-refractivity contribution >= 4 is 5.91 Å². The third kappa shape index (κ3) is 3.06. The van der Waals surface area contributed by atoms with Gasteiger partial charge in [-0.3, -0.25) is 4.79 Å². The Morgan fingerprint density at radius 3 is 2.60 bits per heavy atom. The van der Waals surface area contributed by atoms with Gasteiger partial charge in [0, 0.05) is 19.8 Å². The van der Waals surface area contributed by atoms with Crippen LogP contribution in [0.1, 0.15) is 16.1 Å². The molecular formula is C15H16N2O3. The van der Waals surface area contributed by atoms with E-state index in [4.69, 9.17) is 4.74 Å². The number of aromatic hydroxyl groups is 1. The predicted molar refractivity (Wildman–Crippen MR) is 74.7 cm³/mol. The lowest BCUT2D eigenvalue weighted by atomic mass is 10.2. The molecule has 0 spiro atoms. The Balaban J connectivity index is 2.09. The summed E-state index contributed by atoms with van der Waals surface area (Å²) in [5.41, 5.74) is 1.03. The monoisotopic (exact) mass is 272 g/mol. The number of carbonyl (C=O) groups excluding carboxylic acids is 1. The van der Waals surface area contributed by atoms with Gasteiger partial charge in [0.1, 0.15) is 11.5 Å². The van der Waals surface area contributed by atoms with Crippen LogP contribution in [0.15, 0.2) is 42.6 Å². The van der Waals surface area contributed by atoms with Gasteiger partial charge in [0.25, 0.3) is 5.91 Å². The Labute approximate surface area is 117 Å². The second-order valence-corrected chi connectivity index (χ2v) is 4.38. The number of hydrogen-bond acceptors (Lipinski definition) is 4. The molecule has 0 fully saturated rings. The van der Waals surface area contributed by atoms with Crippen LogP contribution in [0.3, 0.4) is 0 Å². The molecule has 2 rings (SSSR count). The summed E-state index contributed by atoms with van der Waals surface area (Å²) in [5.74, 6) is 0.336. The van der Waals surface area contributed by atoms with Gasteiger partial charge in [-0.05, 0) is 29.8 Å². The van der Waals surface area contributed by atoms with E-state index in [1.165, 1.54) is 17.2 Å². The van der Waals surface area contributed by atoms with Gasteiger partial charge in [-0.1, -0.05) is 12.1 Å². The van der Waals surface area contributed by atoms with Gasteiger partial charge in [0.05, 0.1) is 7.11 Å². The first kappa shape index (κ1) is 13.9. The zero-order valence-corrected chi connectivity index (χ0v) is 11.4. The lowest BCUT2D eigenvalue weighted by molar-refractivity contribution is 0.0776.